The van der Waals surface area contributed by atoms with Crippen molar-refractivity contribution < 1.29 is 0 Å². The maximum atomic E-state index is 4.87. The molecule has 0 saturated carbocycles. The van der Waals surface area contributed by atoms with Crippen LogP contribution in [-0.2, 0) is 12.8 Å². The van der Waals surface area contributed by atoms with Gasteiger partial charge in [-0.2, -0.15) is 0 Å². The van der Waals surface area contributed by atoms with Crippen LogP contribution in [0.15, 0.2) is 110 Å². The van der Waals surface area contributed by atoms with E-state index in [0.717, 1.165) is 82.4 Å². The third kappa shape index (κ3) is 4.68. The van der Waals surface area contributed by atoms with E-state index in [-0.39, 0.29) is 0 Å². The van der Waals surface area contributed by atoms with Gasteiger partial charge in [0, 0.05) is 85.7 Å². The van der Waals surface area contributed by atoms with Crippen LogP contribution < -0.4 is 9.80 Å². The average molecular weight is 627 g/mol. The predicted octanol–water partition coefficient (Wildman–Crippen LogP) is 7.26. The molecule has 9 rings (SSSR count). The van der Waals surface area contributed by atoms with Crippen LogP contribution in [0.1, 0.15) is 33.6 Å². The molecule has 2 aliphatic heterocycles. The molecule has 1 aromatic carbocycles. The fraction of sp³-hybridized carbons (Fsp3) is 0.150. The molecule has 6 aromatic heterocycles. The minimum atomic E-state index is 0.770. The van der Waals surface area contributed by atoms with E-state index in [1.807, 2.05) is 36.9 Å². The average Bonchev–Trinajstić information content (AvgIpc) is 3.65. The van der Waals surface area contributed by atoms with Gasteiger partial charge in [0.1, 0.15) is 22.9 Å². The molecule has 234 valence electrons. The molecule has 8 heterocycles. The molecule has 48 heavy (non-hydrogen) atoms. The van der Waals surface area contributed by atoms with Gasteiger partial charge in [0.25, 0.3) is 0 Å². The van der Waals surface area contributed by atoms with Crippen LogP contribution in [0.4, 0.5) is 11.6 Å². The number of anilines is 2. The Morgan fingerprint density at radius 1 is 0.542 bits per heavy atom. The highest BCUT2D eigenvalue weighted by Crippen LogP contribution is 2.38. The third-order valence-electron chi connectivity index (χ3n) is 9.46. The first-order valence-electron chi connectivity index (χ1n) is 16.3. The number of hydrogen-bond acceptors (Lipinski definition) is 6. The van der Waals surface area contributed by atoms with Gasteiger partial charge in [0.2, 0.25) is 0 Å². The Morgan fingerprint density at radius 2 is 1.00 bits per heavy atom. The quantitative estimate of drug-likeness (QED) is 0.194. The molecule has 0 aliphatic carbocycles. The number of aromatic nitrogens is 6. The van der Waals surface area contributed by atoms with Gasteiger partial charge in [0.05, 0.1) is 23.8 Å². The van der Waals surface area contributed by atoms with Gasteiger partial charge in [-0.05, 0) is 59.7 Å². The highest BCUT2D eigenvalue weighted by molar-refractivity contribution is 5.97. The first-order chi connectivity index (χ1) is 23.6. The molecule has 0 N–H and O–H groups in total. The lowest BCUT2D eigenvalue weighted by atomic mass is 10.0. The van der Waals surface area contributed by atoms with Crippen molar-refractivity contribution in [1.29, 1.82) is 0 Å². The summed E-state index contributed by atoms with van der Waals surface area (Å²) in [5.41, 5.74) is 10.9. The topological polar surface area (TPSA) is 67.9 Å². The summed E-state index contributed by atoms with van der Waals surface area (Å²) in [5, 5.41) is 2.31. The van der Waals surface area contributed by atoms with Crippen molar-refractivity contribution in [2.75, 3.05) is 37.0 Å². The zero-order chi connectivity index (χ0) is 32.2. The first-order valence-corrected chi connectivity index (χ1v) is 16.3. The van der Waals surface area contributed by atoms with E-state index >= 15 is 0 Å². The Morgan fingerprint density at radius 3 is 1.42 bits per heavy atom. The van der Waals surface area contributed by atoms with E-state index in [9.17, 15) is 0 Å². The Bertz CT molecular complexity index is 2190. The fourth-order valence-corrected chi connectivity index (χ4v) is 7.15. The van der Waals surface area contributed by atoms with Crippen molar-refractivity contribution >= 4 is 45.9 Å². The van der Waals surface area contributed by atoms with Gasteiger partial charge in [-0.25, -0.2) is 9.97 Å². The van der Waals surface area contributed by atoms with Gasteiger partial charge < -0.3 is 9.80 Å². The molecule has 2 aliphatic rings. The summed E-state index contributed by atoms with van der Waals surface area (Å²) in [6, 6.07) is 25.7. The second-order valence-electron chi connectivity index (χ2n) is 12.6. The highest BCUT2D eigenvalue weighted by atomic mass is 15.3. The highest BCUT2D eigenvalue weighted by Gasteiger charge is 2.24. The zero-order valence-corrected chi connectivity index (χ0v) is 27.0. The van der Waals surface area contributed by atoms with Crippen LogP contribution in [0, 0.1) is 0 Å². The molecule has 0 bridgehead atoms. The van der Waals surface area contributed by atoms with Crippen LogP contribution in [0.3, 0.4) is 0 Å². The normalized spacial score (nSPS) is 13.8. The number of pyridine rings is 4. The molecule has 0 saturated heterocycles. The van der Waals surface area contributed by atoms with Crippen molar-refractivity contribution in [3.63, 3.8) is 0 Å². The van der Waals surface area contributed by atoms with E-state index < -0.39 is 0 Å². The summed E-state index contributed by atoms with van der Waals surface area (Å²) >= 11 is 0. The molecule has 0 radical (unpaired) electrons. The minimum absolute atomic E-state index is 0.770. The third-order valence-corrected chi connectivity index (χ3v) is 9.46. The maximum Gasteiger partial charge on any atom is 0.146 e. The van der Waals surface area contributed by atoms with E-state index in [2.05, 4.69) is 118 Å². The first kappa shape index (κ1) is 28.2. The molecule has 8 nitrogen and oxygen atoms in total. The molecule has 7 aromatic rings. The van der Waals surface area contributed by atoms with Crippen molar-refractivity contribution in [2.24, 2.45) is 0 Å². The van der Waals surface area contributed by atoms with Crippen LogP contribution >= 0.6 is 0 Å². The summed E-state index contributed by atoms with van der Waals surface area (Å²) in [4.78, 5) is 23.7. The lowest BCUT2D eigenvalue weighted by Gasteiger charge is -2.24. The largest absolute Gasteiger partial charge is 0.356 e. The molecule has 0 unspecified atom stereocenters. The SMILES string of the molecule is CN1CC=Cc2c1n(-c1ccc(Cc3ccc(Cc4ccc(-n5c6c(c7cccnc75)C=CCN6C)cn4)cc3)nc1)c1ncccc21. The predicted molar refractivity (Wildman–Crippen MR) is 194 cm³/mol. The number of nitrogens with zero attached hydrogens (tertiary/aromatic N) is 8. The van der Waals surface area contributed by atoms with E-state index in [1.165, 1.54) is 22.3 Å². The van der Waals surface area contributed by atoms with Crippen LogP contribution in [0.5, 0.6) is 0 Å². The van der Waals surface area contributed by atoms with Crippen molar-refractivity contribution in [2.45, 2.75) is 12.8 Å². The van der Waals surface area contributed by atoms with E-state index in [1.54, 1.807) is 0 Å². The Hall–Kier alpha value is -6.02. The van der Waals surface area contributed by atoms with E-state index in [4.69, 9.17) is 19.9 Å². The maximum absolute atomic E-state index is 4.87. The number of fused-ring (bicyclic) bond motifs is 6. The Labute approximate surface area is 279 Å². The molecule has 8 heteroatoms. The number of likely N-dealkylation sites (N-methyl/N-ethyl adjacent to an activating group) is 2. The monoisotopic (exact) mass is 626 g/mol. The summed E-state index contributed by atoms with van der Waals surface area (Å²) in [7, 11) is 4.25. The van der Waals surface area contributed by atoms with Gasteiger partial charge in [0.15, 0.2) is 0 Å². The number of rotatable bonds is 6. The van der Waals surface area contributed by atoms with Crippen LogP contribution in [-0.4, -0.2) is 56.3 Å². The lowest BCUT2D eigenvalue weighted by Crippen LogP contribution is -2.22. The standard InChI is InChI=1S/C40H34N8/c1-45-21-5-9-35-33-7-3-19-41-37(33)47(39(35)45)31-17-15-29(43-25-31)23-27-11-13-28(14-12-27)24-30-16-18-32(26-44-30)48-38-34(8-4-20-42-38)36-10-6-22-46(2)40(36)48/h3-20,25-26H,21-24H2,1-2H3. The second-order valence-corrected chi connectivity index (χ2v) is 12.6. The summed E-state index contributed by atoms with van der Waals surface area (Å²) in [6.45, 7) is 1.74. The van der Waals surface area contributed by atoms with Gasteiger partial charge in [-0.1, -0.05) is 48.6 Å². The number of hydrogen-bond donors (Lipinski definition) is 0. The van der Waals surface area contributed by atoms with Crippen LogP contribution in [0.2, 0.25) is 0 Å². The Balaban J connectivity index is 0.916. The van der Waals surface area contributed by atoms with Gasteiger partial charge >= 0.3 is 0 Å². The molecular formula is C40H34N8. The number of benzene rings is 1. The lowest BCUT2D eigenvalue weighted by molar-refractivity contribution is 0.930. The minimum Gasteiger partial charge on any atom is -0.356 e. The summed E-state index contributed by atoms with van der Waals surface area (Å²) < 4.78 is 4.45. The van der Waals surface area contributed by atoms with Crippen molar-refractivity contribution in [3.05, 3.63) is 143 Å². The van der Waals surface area contributed by atoms with E-state index in [0.29, 0.717) is 0 Å². The van der Waals surface area contributed by atoms with Gasteiger partial charge in [-0.3, -0.25) is 19.1 Å². The smallest absolute Gasteiger partial charge is 0.146 e. The second kappa shape index (κ2) is 11.3. The molecule has 0 atom stereocenters. The Kier molecular flexibility index (Phi) is 6.67. The van der Waals surface area contributed by atoms with Crippen LogP contribution in [0.25, 0.3) is 45.6 Å². The molecular weight excluding hydrogens is 592 g/mol. The van der Waals surface area contributed by atoms with Gasteiger partial charge in [-0.15, -0.1) is 0 Å². The molecule has 0 amide bonds. The van der Waals surface area contributed by atoms with Crippen molar-refractivity contribution in [3.8, 4) is 11.4 Å². The fourth-order valence-electron chi connectivity index (χ4n) is 7.15. The summed E-state index contributed by atoms with van der Waals surface area (Å²) in [5.74, 6) is 2.30. The van der Waals surface area contributed by atoms with Crippen molar-refractivity contribution in [1.82, 2.24) is 29.1 Å². The zero-order valence-electron chi connectivity index (χ0n) is 27.0. The molecule has 0 spiro atoms. The summed E-state index contributed by atoms with van der Waals surface area (Å²) in [6.07, 6.45) is 18.0. The molecule has 0 fully saturated rings.